The molecule has 0 aliphatic carbocycles. The Kier molecular flexibility index (Phi) is 7.15. The van der Waals surface area contributed by atoms with Gasteiger partial charge >= 0.3 is 0 Å². The number of aromatic nitrogens is 3. The van der Waals surface area contributed by atoms with Crippen molar-refractivity contribution in [2.75, 3.05) is 11.1 Å². The van der Waals surface area contributed by atoms with E-state index in [1.54, 1.807) is 0 Å². The first-order valence-electron chi connectivity index (χ1n) is 9.99. The van der Waals surface area contributed by atoms with E-state index < -0.39 is 0 Å². The first kappa shape index (κ1) is 21.9. The lowest BCUT2D eigenvalue weighted by Gasteiger charge is -2.11. The van der Waals surface area contributed by atoms with Crippen LogP contribution in [0.5, 0.6) is 5.75 Å². The molecule has 3 rings (SSSR count). The number of carbonyl (C=O) groups is 1. The second-order valence-corrected chi connectivity index (χ2v) is 8.28. The zero-order valence-electron chi connectivity index (χ0n) is 18.2. The highest BCUT2D eigenvalue weighted by atomic mass is 32.2. The minimum atomic E-state index is -0.0626. The Bertz CT molecular complexity index is 1030. The van der Waals surface area contributed by atoms with Crippen LogP contribution >= 0.6 is 11.8 Å². The minimum absolute atomic E-state index is 0.0626. The van der Waals surface area contributed by atoms with Gasteiger partial charge in [-0.05, 0) is 75.1 Å². The fraction of sp³-hybridized carbons (Fsp3) is 0.348. The molecule has 0 unspecified atom stereocenters. The molecular weight excluding hydrogens is 396 g/mol. The van der Waals surface area contributed by atoms with Crippen LogP contribution in [0.15, 0.2) is 41.6 Å². The molecule has 1 amide bonds. The van der Waals surface area contributed by atoms with Gasteiger partial charge in [-0.2, -0.15) is 0 Å². The Labute approximate surface area is 182 Å². The third-order valence-electron chi connectivity index (χ3n) is 4.88. The molecule has 6 nitrogen and oxygen atoms in total. The third kappa shape index (κ3) is 5.42. The standard InChI is InChI=1S/C23H28N4O2S/c1-6-27-21(13-29-19-11-15(2)10-16(3)12-19)25-26-23(27)30-14-22(28)24-20-9-7-8-17(4)18(20)5/h7-12H,6,13-14H2,1-5H3,(H,24,28). The van der Waals surface area contributed by atoms with E-state index in [1.165, 1.54) is 11.8 Å². The van der Waals surface area contributed by atoms with Crippen LogP contribution in [0.1, 0.15) is 35.0 Å². The Morgan fingerprint density at radius 3 is 2.53 bits per heavy atom. The van der Waals surface area contributed by atoms with Crippen LogP contribution in [-0.4, -0.2) is 26.4 Å². The molecule has 0 radical (unpaired) electrons. The number of carbonyl (C=O) groups excluding carboxylic acids is 1. The van der Waals surface area contributed by atoms with Gasteiger partial charge in [-0.1, -0.05) is 30.0 Å². The van der Waals surface area contributed by atoms with Gasteiger partial charge in [-0.3, -0.25) is 4.79 Å². The molecule has 0 fully saturated rings. The number of rotatable bonds is 8. The van der Waals surface area contributed by atoms with Crippen molar-refractivity contribution in [1.82, 2.24) is 14.8 Å². The van der Waals surface area contributed by atoms with Crippen LogP contribution in [0, 0.1) is 27.7 Å². The van der Waals surface area contributed by atoms with Crippen LogP contribution in [0.4, 0.5) is 5.69 Å². The highest BCUT2D eigenvalue weighted by Crippen LogP contribution is 2.22. The first-order valence-corrected chi connectivity index (χ1v) is 11.0. The van der Waals surface area contributed by atoms with E-state index in [2.05, 4.69) is 21.6 Å². The summed E-state index contributed by atoms with van der Waals surface area (Å²) in [6.07, 6.45) is 0. The number of nitrogens with zero attached hydrogens (tertiary/aromatic N) is 3. The summed E-state index contributed by atoms with van der Waals surface area (Å²) < 4.78 is 7.91. The summed E-state index contributed by atoms with van der Waals surface area (Å²) in [6, 6.07) is 12.0. The molecule has 1 heterocycles. The van der Waals surface area contributed by atoms with Gasteiger partial charge in [0.1, 0.15) is 12.4 Å². The van der Waals surface area contributed by atoms with E-state index in [0.717, 1.165) is 39.5 Å². The molecule has 0 atom stereocenters. The molecule has 30 heavy (non-hydrogen) atoms. The highest BCUT2D eigenvalue weighted by molar-refractivity contribution is 7.99. The van der Waals surface area contributed by atoms with Crippen molar-refractivity contribution in [2.45, 2.75) is 52.9 Å². The Morgan fingerprint density at radius 2 is 1.83 bits per heavy atom. The summed E-state index contributed by atoms with van der Waals surface area (Å²) in [6.45, 7) is 11.2. The number of aryl methyl sites for hydroxylation is 3. The fourth-order valence-corrected chi connectivity index (χ4v) is 4.04. The maximum atomic E-state index is 12.4. The monoisotopic (exact) mass is 424 g/mol. The second kappa shape index (κ2) is 9.80. The van der Waals surface area contributed by atoms with E-state index >= 15 is 0 Å². The zero-order chi connectivity index (χ0) is 21.7. The van der Waals surface area contributed by atoms with Crippen molar-refractivity contribution >= 4 is 23.4 Å². The van der Waals surface area contributed by atoms with Gasteiger partial charge in [0.05, 0.1) is 5.75 Å². The topological polar surface area (TPSA) is 69.0 Å². The minimum Gasteiger partial charge on any atom is -0.486 e. The number of hydrogen-bond acceptors (Lipinski definition) is 5. The number of anilines is 1. The molecule has 158 valence electrons. The van der Waals surface area contributed by atoms with Gasteiger partial charge in [0.25, 0.3) is 0 Å². The van der Waals surface area contributed by atoms with Gasteiger partial charge in [-0.25, -0.2) is 0 Å². The maximum Gasteiger partial charge on any atom is 0.234 e. The summed E-state index contributed by atoms with van der Waals surface area (Å²) in [4.78, 5) is 12.4. The van der Waals surface area contributed by atoms with Crippen LogP contribution in [-0.2, 0) is 17.9 Å². The van der Waals surface area contributed by atoms with Crippen LogP contribution in [0.25, 0.3) is 0 Å². The number of nitrogens with one attached hydrogen (secondary N) is 1. The van der Waals surface area contributed by atoms with Crippen LogP contribution < -0.4 is 10.1 Å². The molecule has 0 spiro atoms. The van der Waals surface area contributed by atoms with E-state index in [1.807, 2.05) is 69.5 Å². The van der Waals surface area contributed by atoms with Crippen LogP contribution in [0.3, 0.4) is 0 Å². The fourth-order valence-electron chi connectivity index (χ4n) is 3.22. The van der Waals surface area contributed by atoms with Crippen molar-refractivity contribution < 1.29 is 9.53 Å². The average molecular weight is 425 g/mol. The average Bonchev–Trinajstić information content (AvgIpc) is 3.09. The smallest absolute Gasteiger partial charge is 0.234 e. The van der Waals surface area contributed by atoms with Gasteiger partial charge < -0.3 is 14.6 Å². The molecule has 2 aromatic carbocycles. The number of ether oxygens (including phenoxy) is 1. The molecule has 1 aromatic heterocycles. The molecule has 0 bridgehead atoms. The summed E-state index contributed by atoms with van der Waals surface area (Å²) in [5.74, 6) is 1.77. The van der Waals surface area contributed by atoms with Crippen molar-refractivity contribution in [2.24, 2.45) is 0 Å². The number of amides is 1. The normalized spacial score (nSPS) is 10.8. The van der Waals surface area contributed by atoms with Crippen molar-refractivity contribution in [1.29, 1.82) is 0 Å². The Balaban J connectivity index is 1.61. The van der Waals surface area contributed by atoms with Gasteiger partial charge in [0.15, 0.2) is 11.0 Å². The van der Waals surface area contributed by atoms with Crippen LogP contribution in [0.2, 0.25) is 0 Å². The highest BCUT2D eigenvalue weighted by Gasteiger charge is 2.14. The summed E-state index contributed by atoms with van der Waals surface area (Å²) in [7, 11) is 0. The quantitative estimate of drug-likeness (QED) is 0.524. The molecule has 0 saturated heterocycles. The van der Waals surface area contributed by atoms with Gasteiger partial charge in [0.2, 0.25) is 5.91 Å². The molecule has 3 aromatic rings. The number of benzene rings is 2. The zero-order valence-corrected chi connectivity index (χ0v) is 19.0. The maximum absolute atomic E-state index is 12.4. The van der Waals surface area contributed by atoms with Gasteiger partial charge in [0, 0.05) is 12.2 Å². The van der Waals surface area contributed by atoms with E-state index in [9.17, 15) is 4.79 Å². The SMILES string of the molecule is CCn1c(COc2cc(C)cc(C)c2)nnc1SCC(=O)Nc1cccc(C)c1C. The lowest BCUT2D eigenvalue weighted by molar-refractivity contribution is -0.113. The third-order valence-corrected chi connectivity index (χ3v) is 5.85. The number of hydrogen-bond donors (Lipinski definition) is 1. The van der Waals surface area contributed by atoms with Crippen molar-refractivity contribution in [3.63, 3.8) is 0 Å². The Morgan fingerprint density at radius 1 is 1.10 bits per heavy atom. The predicted octanol–water partition coefficient (Wildman–Crippen LogP) is 4.84. The van der Waals surface area contributed by atoms with Crippen molar-refractivity contribution in [3.05, 3.63) is 64.5 Å². The van der Waals surface area contributed by atoms with Gasteiger partial charge in [-0.15, -0.1) is 10.2 Å². The summed E-state index contributed by atoms with van der Waals surface area (Å²) in [5.41, 5.74) is 5.40. The second-order valence-electron chi connectivity index (χ2n) is 7.34. The number of thioether (sulfide) groups is 1. The van der Waals surface area contributed by atoms with E-state index in [0.29, 0.717) is 18.3 Å². The summed E-state index contributed by atoms with van der Waals surface area (Å²) >= 11 is 1.38. The van der Waals surface area contributed by atoms with Crippen molar-refractivity contribution in [3.8, 4) is 5.75 Å². The molecule has 0 saturated carbocycles. The van der Waals surface area contributed by atoms with E-state index in [-0.39, 0.29) is 11.7 Å². The summed E-state index contributed by atoms with van der Waals surface area (Å²) in [5, 5.41) is 12.2. The molecular formula is C23H28N4O2S. The lowest BCUT2D eigenvalue weighted by Crippen LogP contribution is -2.16. The lowest BCUT2D eigenvalue weighted by atomic mass is 10.1. The Hall–Kier alpha value is -2.80. The van der Waals surface area contributed by atoms with E-state index in [4.69, 9.17) is 4.74 Å². The molecule has 7 heteroatoms. The predicted molar refractivity (Wildman–Crippen MR) is 121 cm³/mol. The molecule has 1 N–H and O–H groups in total. The largest absolute Gasteiger partial charge is 0.486 e. The first-order chi connectivity index (χ1) is 14.4. The molecule has 0 aliphatic heterocycles. The molecule has 0 aliphatic rings.